The van der Waals surface area contributed by atoms with Crippen LogP contribution in [0.3, 0.4) is 0 Å². The van der Waals surface area contributed by atoms with Crippen molar-refractivity contribution in [1.82, 2.24) is 24.9 Å². The molecule has 0 bridgehead atoms. The molecule has 0 aromatic carbocycles. The second-order valence-corrected chi connectivity index (χ2v) is 4.07. The minimum Gasteiger partial charge on any atom is -0.264 e. The van der Waals surface area contributed by atoms with Crippen LogP contribution in [0.4, 0.5) is 0 Å². The molecule has 3 aromatic heterocycles. The first-order valence-electron chi connectivity index (χ1n) is 5.55. The summed E-state index contributed by atoms with van der Waals surface area (Å²) in [6, 6.07) is 7.37. The first-order valence-corrected chi connectivity index (χ1v) is 5.93. The van der Waals surface area contributed by atoms with E-state index >= 15 is 0 Å². The number of rotatable bonds is 2. The average Bonchev–Trinajstić information content (AvgIpc) is 2.48. The third-order valence-corrected chi connectivity index (χ3v) is 2.62. The fourth-order valence-electron chi connectivity index (χ4n) is 1.60. The number of pyridine rings is 2. The highest BCUT2D eigenvalue weighted by molar-refractivity contribution is 6.28. The molecule has 0 spiro atoms. The third-order valence-electron chi connectivity index (χ3n) is 2.45. The molecular formula is C13H8ClN5. The highest BCUT2D eigenvalue weighted by Gasteiger charge is 2.09. The van der Waals surface area contributed by atoms with Gasteiger partial charge in [-0.15, -0.1) is 0 Å². The zero-order valence-corrected chi connectivity index (χ0v) is 10.5. The molecule has 0 fully saturated rings. The molecule has 0 aliphatic carbocycles. The molecule has 0 amide bonds. The Hall–Kier alpha value is -2.40. The van der Waals surface area contributed by atoms with E-state index in [4.69, 9.17) is 11.6 Å². The van der Waals surface area contributed by atoms with Crippen molar-refractivity contribution >= 4 is 11.6 Å². The third kappa shape index (κ3) is 2.56. The van der Waals surface area contributed by atoms with Gasteiger partial charge in [-0.3, -0.25) is 9.97 Å². The monoisotopic (exact) mass is 269 g/mol. The number of halogens is 1. The van der Waals surface area contributed by atoms with Crippen LogP contribution in [0.15, 0.2) is 49.1 Å². The Labute approximate surface area is 114 Å². The Balaban J connectivity index is 2.12. The zero-order valence-electron chi connectivity index (χ0n) is 9.73. The van der Waals surface area contributed by atoms with E-state index in [9.17, 15) is 0 Å². The minimum atomic E-state index is 0.146. The maximum absolute atomic E-state index is 5.95. The van der Waals surface area contributed by atoms with Crippen molar-refractivity contribution in [2.75, 3.05) is 0 Å². The van der Waals surface area contributed by atoms with Gasteiger partial charge in [0.1, 0.15) is 0 Å². The molecule has 0 aliphatic heterocycles. The summed E-state index contributed by atoms with van der Waals surface area (Å²) in [6.45, 7) is 0. The largest absolute Gasteiger partial charge is 0.264 e. The van der Waals surface area contributed by atoms with Crippen molar-refractivity contribution < 1.29 is 0 Å². The van der Waals surface area contributed by atoms with Crippen LogP contribution >= 0.6 is 11.6 Å². The first kappa shape index (κ1) is 11.7. The van der Waals surface area contributed by atoms with Crippen LogP contribution in [0.2, 0.25) is 5.28 Å². The zero-order chi connectivity index (χ0) is 13.1. The normalized spacial score (nSPS) is 10.4. The number of aromatic nitrogens is 5. The summed E-state index contributed by atoms with van der Waals surface area (Å²) >= 11 is 5.95. The van der Waals surface area contributed by atoms with Crippen LogP contribution in [-0.4, -0.2) is 24.9 Å². The molecule has 0 unspecified atom stereocenters. The average molecular weight is 270 g/mol. The molecule has 19 heavy (non-hydrogen) atoms. The van der Waals surface area contributed by atoms with E-state index in [0.717, 1.165) is 11.1 Å². The van der Waals surface area contributed by atoms with Gasteiger partial charge in [0.25, 0.3) is 0 Å². The molecule has 0 radical (unpaired) electrons. The summed E-state index contributed by atoms with van der Waals surface area (Å²) in [5.74, 6) is 0.985. The van der Waals surface area contributed by atoms with Gasteiger partial charge < -0.3 is 0 Å². The standard InChI is InChI=1S/C13H8ClN5/c14-13-18-11(9-3-1-5-15-7-9)17-12(19-13)10-4-2-6-16-8-10/h1-8H. The predicted molar refractivity (Wildman–Crippen MR) is 71.3 cm³/mol. The molecule has 5 nitrogen and oxygen atoms in total. The number of hydrogen-bond acceptors (Lipinski definition) is 5. The molecule has 0 saturated carbocycles. The van der Waals surface area contributed by atoms with Gasteiger partial charge in [-0.25, -0.2) is 4.98 Å². The minimum absolute atomic E-state index is 0.146. The molecule has 0 saturated heterocycles. The lowest BCUT2D eigenvalue weighted by molar-refractivity contribution is 1.06. The van der Waals surface area contributed by atoms with Gasteiger partial charge in [0, 0.05) is 35.9 Å². The molecule has 0 aliphatic rings. The van der Waals surface area contributed by atoms with Gasteiger partial charge in [0.15, 0.2) is 11.6 Å². The van der Waals surface area contributed by atoms with E-state index in [1.807, 2.05) is 24.3 Å². The molecule has 3 aromatic rings. The van der Waals surface area contributed by atoms with E-state index in [1.165, 1.54) is 0 Å². The molecule has 3 heterocycles. The molecular weight excluding hydrogens is 262 g/mol. The van der Waals surface area contributed by atoms with E-state index in [2.05, 4.69) is 24.9 Å². The lowest BCUT2D eigenvalue weighted by Crippen LogP contribution is -1.97. The van der Waals surface area contributed by atoms with Crippen LogP contribution in [0.1, 0.15) is 0 Å². The Morgan fingerprint density at radius 3 is 1.68 bits per heavy atom. The lowest BCUT2D eigenvalue weighted by atomic mass is 10.2. The maximum atomic E-state index is 5.95. The van der Waals surface area contributed by atoms with Crippen molar-refractivity contribution in [1.29, 1.82) is 0 Å². The fraction of sp³-hybridized carbons (Fsp3) is 0. The quantitative estimate of drug-likeness (QED) is 0.716. The Bertz CT molecular complexity index is 630. The SMILES string of the molecule is Clc1nc(-c2cccnc2)nc(-c2cccnc2)n1. The fourth-order valence-corrected chi connectivity index (χ4v) is 1.76. The van der Waals surface area contributed by atoms with Crippen LogP contribution in [-0.2, 0) is 0 Å². The highest BCUT2D eigenvalue weighted by atomic mass is 35.5. The van der Waals surface area contributed by atoms with Crippen molar-refractivity contribution in [3.63, 3.8) is 0 Å². The topological polar surface area (TPSA) is 64.5 Å². The van der Waals surface area contributed by atoms with Gasteiger partial charge in [-0.1, -0.05) is 0 Å². The van der Waals surface area contributed by atoms with Gasteiger partial charge >= 0.3 is 0 Å². The Kier molecular flexibility index (Phi) is 3.12. The van der Waals surface area contributed by atoms with Gasteiger partial charge in [-0.05, 0) is 35.9 Å². The smallest absolute Gasteiger partial charge is 0.226 e. The number of hydrogen-bond donors (Lipinski definition) is 0. The molecule has 6 heteroatoms. The summed E-state index contributed by atoms with van der Waals surface area (Å²) < 4.78 is 0. The van der Waals surface area contributed by atoms with Crippen molar-refractivity contribution in [3.8, 4) is 22.8 Å². The van der Waals surface area contributed by atoms with Gasteiger partial charge in [0.05, 0.1) is 0 Å². The highest BCUT2D eigenvalue weighted by Crippen LogP contribution is 2.20. The Morgan fingerprint density at radius 2 is 1.26 bits per heavy atom. The lowest BCUT2D eigenvalue weighted by Gasteiger charge is -2.03. The molecule has 92 valence electrons. The van der Waals surface area contributed by atoms with Gasteiger partial charge in [-0.2, -0.15) is 9.97 Å². The van der Waals surface area contributed by atoms with Crippen molar-refractivity contribution in [2.45, 2.75) is 0 Å². The molecule has 0 N–H and O–H groups in total. The molecule has 3 rings (SSSR count). The van der Waals surface area contributed by atoms with Crippen molar-refractivity contribution in [2.24, 2.45) is 0 Å². The Morgan fingerprint density at radius 1 is 0.737 bits per heavy atom. The molecule has 0 atom stereocenters. The second kappa shape index (κ2) is 5.07. The van der Waals surface area contributed by atoms with Crippen LogP contribution in [0, 0.1) is 0 Å². The predicted octanol–water partition coefficient (Wildman–Crippen LogP) is 2.65. The number of nitrogens with zero attached hydrogens (tertiary/aromatic N) is 5. The summed E-state index contributed by atoms with van der Waals surface area (Å²) in [5, 5.41) is 0.146. The van der Waals surface area contributed by atoms with E-state index in [1.54, 1.807) is 24.8 Å². The van der Waals surface area contributed by atoms with E-state index in [-0.39, 0.29) is 5.28 Å². The van der Waals surface area contributed by atoms with Crippen molar-refractivity contribution in [3.05, 3.63) is 54.3 Å². The summed E-state index contributed by atoms with van der Waals surface area (Å²) in [7, 11) is 0. The van der Waals surface area contributed by atoms with Crippen LogP contribution in [0.5, 0.6) is 0 Å². The first-order chi connectivity index (χ1) is 9.33. The summed E-state index contributed by atoms with van der Waals surface area (Å²) in [6.07, 6.45) is 6.74. The van der Waals surface area contributed by atoms with Crippen LogP contribution in [0.25, 0.3) is 22.8 Å². The summed E-state index contributed by atoms with van der Waals surface area (Å²) in [4.78, 5) is 20.7. The van der Waals surface area contributed by atoms with Gasteiger partial charge in [0.2, 0.25) is 5.28 Å². The van der Waals surface area contributed by atoms with E-state index in [0.29, 0.717) is 11.6 Å². The van der Waals surface area contributed by atoms with E-state index < -0.39 is 0 Å². The van der Waals surface area contributed by atoms with Crippen LogP contribution < -0.4 is 0 Å². The maximum Gasteiger partial charge on any atom is 0.226 e. The second-order valence-electron chi connectivity index (χ2n) is 3.74. The summed E-state index contributed by atoms with van der Waals surface area (Å²) in [5.41, 5.74) is 1.58.